The second-order valence-electron chi connectivity index (χ2n) is 14.8. The molecule has 6 rings (SSSR count). The number of amides is 3. The van der Waals surface area contributed by atoms with E-state index >= 15 is 0 Å². The number of pyridine rings is 1. The van der Waals surface area contributed by atoms with E-state index in [1.165, 1.54) is 13.3 Å². The van der Waals surface area contributed by atoms with E-state index in [1.54, 1.807) is 30.3 Å². The highest BCUT2D eigenvalue weighted by molar-refractivity contribution is 6.08. The van der Waals surface area contributed by atoms with Crippen molar-refractivity contribution in [2.75, 3.05) is 57.2 Å². The number of nitrogens with two attached hydrogens (primary N) is 1. The minimum Gasteiger partial charge on any atom is -0.494 e. The lowest BCUT2D eigenvalue weighted by molar-refractivity contribution is -0.137. The summed E-state index contributed by atoms with van der Waals surface area (Å²) in [6.45, 7) is 9.63. The molecule has 14 heteroatoms. The number of morpholine rings is 1. The van der Waals surface area contributed by atoms with Crippen LogP contribution < -0.4 is 30.6 Å². The van der Waals surface area contributed by atoms with Gasteiger partial charge in [-0.15, -0.1) is 0 Å². The van der Waals surface area contributed by atoms with E-state index in [4.69, 9.17) is 24.7 Å². The van der Waals surface area contributed by atoms with E-state index in [-0.39, 0.29) is 30.6 Å². The summed E-state index contributed by atoms with van der Waals surface area (Å²) in [5, 5.41) is 7.18. The second kappa shape index (κ2) is 17.5. The van der Waals surface area contributed by atoms with Gasteiger partial charge in [-0.3, -0.25) is 14.7 Å². The maximum absolute atomic E-state index is 13.9. The van der Waals surface area contributed by atoms with Gasteiger partial charge in [-0.25, -0.2) is 4.79 Å². The smallest absolute Gasteiger partial charge is 0.416 e. The van der Waals surface area contributed by atoms with E-state index in [2.05, 4.69) is 20.5 Å². The summed E-state index contributed by atoms with van der Waals surface area (Å²) in [5.41, 5.74) is 7.63. The number of hydrogen-bond acceptors (Lipinski definition) is 8. The van der Waals surface area contributed by atoms with Crippen molar-refractivity contribution in [3.63, 3.8) is 0 Å². The van der Waals surface area contributed by atoms with Crippen molar-refractivity contribution in [3.8, 4) is 23.0 Å². The van der Waals surface area contributed by atoms with Crippen molar-refractivity contribution in [2.45, 2.75) is 45.2 Å². The van der Waals surface area contributed by atoms with Crippen molar-refractivity contribution in [2.24, 2.45) is 5.73 Å². The molecule has 1 aromatic heterocycles. The Morgan fingerprint density at radius 2 is 1.61 bits per heavy atom. The van der Waals surface area contributed by atoms with Gasteiger partial charge in [0.25, 0.3) is 0 Å². The largest absolute Gasteiger partial charge is 0.494 e. The molecule has 57 heavy (non-hydrogen) atoms. The molecule has 300 valence electrons. The maximum atomic E-state index is 13.9. The highest BCUT2D eigenvalue weighted by atomic mass is 19.4. The summed E-state index contributed by atoms with van der Waals surface area (Å²) >= 11 is 0. The Kier molecular flexibility index (Phi) is 12.5. The van der Waals surface area contributed by atoms with Gasteiger partial charge in [0, 0.05) is 60.3 Å². The van der Waals surface area contributed by atoms with Crippen LogP contribution in [0.3, 0.4) is 0 Å². The van der Waals surface area contributed by atoms with Crippen LogP contribution in [0, 0.1) is 0 Å². The third-order valence-corrected chi connectivity index (χ3v) is 9.46. The standard InChI is InChI=1S/C43H46F3N5O6/c1-42(2,3)29-22-28(23-39(47)52)40(54-4)37(25-29)50-41(53)49-36-9-10-38(35-8-6-5-7-34(35)36)57-32-11-12-48-31(26-32)20-27-19-30(43(44,45)46)24-33(21-27)56-18-15-51-13-16-55-17-14-51/h5-12,19,21-22,24-26H,13-18,20,23H2,1-4H3,(H2,47,52)(H2,49,50,53). The van der Waals surface area contributed by atoms with Gasteiger partial charge in [0.1, 0.15) is 29.6 Å². The SMILES string of the molecule is COc1c(CC(N)=O)cc(C(C)(C)C)cc1NC(=O)Nc1ccc(Oc2ccnc(Cc3cc(OCCN4CCOCC4)cc(C(F)(F)F)c3)c2)c2ccccc12. The number of anilines is 2. The number of benzene rings is 4. The first-order chi connectivity index (χ1) is 27.2. The van der Waals surface area contributed by atoms with E-state index < -0.39 is 23.7 Å². The van der Waals surface area contributed by atoms with Crippen LogP contribution in [0.4, 0.5) is 29.3 Å². The Labute approximate surface area is 329 Å². The predicted molar refractivity (Wildman–Crippen MR) is 212 cm³/mol. The number of primary amides is 1. The molecule has 5 aromatic rings. The van der Waals surface area contributed by atoms with Crippen LogP contribution in [0.5, 0.6) is 23.0 Å². The number of carbonyl (C=O) groups is 2. The van der Waals surface area contributed by atoms with Crippen molar-refractivity contribution in [1.29, 1.82) is 0 Å². The summed E-state index contributed by atoms with van der Waals surface area (Å²) in [5.74, 6) is 0.856. The number of carbonyl (C=O) groups excluding carboxylic acids is 2. The number of alkyl halides is 3. The molecule has 0 aliphatic carbocycles. The normalized spacial score (nSPS) is 13.6. The number of aromatic nitrogens is 1. The summed E-state index contributed by atoms with van der Waals surface area (Å²) < 4.78 is 64.8. The van der Waals surface area contributed by atoms with Crippen molar-refractivity contribution < 1.29 is 41.7 Å². The maximum Gasteiger partial charge on any atom is 0.416 e. The molecule has 0 radical (unpaired) electrons. The highest BCUT2D eigenvalue weighted by Crippen LogP contribution is 2.38. The molecular weight excluding hydrogens is 739 g/mol. The quantitative estimate of drug-likeness (QED) is 0.108. The lowest BCUT2D eigenvalue weighted by Gasteiger charge is -2.26. The van der Waals surface area contributed by atoms with Crippen LogP contribution >= 0.6 is 0 Å². The number of nitrogens with zero attached hydrogens (tertiary/aromatic N) is 2. The molecule has 1 aliphatic rings. The Balaban J connectivity index is 1.19. The number of nitrogens with one attached hydrogen (secondary N) is 2. The third kappa shape index (κ3) is 10.7. The number of urea groups is 1. The average molecular weight is 786 g/mol. The molecule has 11 nitrogen and oxygen atoms in total. The predicted octanol–water partition coefficient (Wildman–Crippen LogP) is 8.33. The number of hydrogen-bond donors (Lipinski definition) is 3. The summed E-state index contributed by atoms with van der Waals surface area (Å²) in [4.78, 5) is 31.9. The van der Waals surface area contributed by atoms with Gasteiger partial charge in [0.15, 0.2) is 0 Å². The van der Waals surface area contributed by atoms with Crippen molar-refractivity contribution in [3.05, 3.63) is 113 Å². The average Bonchev–Trinajstić information content (AvgIpc) is 3.15. The summed E-state index contributed by atoms with van der Waals surface area (Å²) in [6, 6.07) is 21.0. The molecule has 3 amide bonds. The topological polar surface area (TPSA) is 137 Å². The number of ether oxygens (including phenoxy) is 4. The number of halogens is 3. The first-order valence-electron chi connectivity index (χ1n) is 18.5. The minimum absolute atomic E-state index is 0.0638. The monoisotopic (exact) mass is 785 g/mol. The lowest BCUT2D eigenvalue weighted by Crippen LogP contribution is -2.38. The van der Waals surface area contributed by atoms with Gasteiger partial charge in [-0.1, -0.05) is 51.1 Å². The molecule has 0 bridgehead atoms. The molecule has 0 spiro atoms. The minimum atomic E-state index is -4.56. The first kappa shape index (κ1) is 40.8. The lowest BCUT2D eigenvalue weighted by atomic mass is 9.85. The van der Waals surface area contributed by atoms with Gasteiger partial charge < -0.3 is 35.3 Å². The molecule has 4 N–H and O–H groups in total. The molecule has 0 atom stereocenters. The van der Waals surface area contributed by atoms with Crippen LogP contribution in [0.25, 0.3) is 10.8 Å². The van der Waals surface area contributed by atoms with Crippen molar-refractivity contribution in [1.82, 2.24) is 9.88 Å². The highest BCUT2D eigenvalue weighted by Gasteiger charge is 2.31. The summed E-state index contributed by atoms with van der Waals surface area (Å²) in [6.07, 6.45) is -2.98. The van der Waals surface area contributed by atoms with E-state index in [1.807, 2.05) is 57.2 Å². The van der Waals surface area contributed by atoms with Crippen molar-refractivity contribution >= 4 is 34.1 Å². The zero-order chi connectivity index (χ0) is 40.7. The number of methoxy groups -OCH3 is 1. The Hall–Kier alpha value is -5.86. The van der Waals surface area contributed by atoms with Gasteiger partial charge in [0.05, 0.1) is 43.7 Å². The fourth-order valence-electron chi connectivity index (χ4n) is 6.60. The van der Waals surface area contributed by atoms with Crippen LogP contribution in [0.2, 0.25) is 0 Å². The van der Waals surface area contributed by atoms with Gasteiger partial charge in [-0.2, -0.15) is 13.2 Å². The fourth-order valence-corrected chi connectivity index (χ4v) is 6.60. The molecule has 1 saturated heterocycles. The van der Waals surface area contributed by atoms with Crippen LogP contribution in [-0.2, 0) is 34.0 Å². The number of rotatable bonds is 13. The molecule has 0 unspecified atom stereocenters. The zero-order valence-electron chi connectivity index (χ0n) is 32.3. The molecule has 1 aliphatic heterocycles. The molecule has 4 aromatic carbocycles. The van der Waals surface area contributed by atoms with E-state index in [9.17, 15) is 22.8 Å². The van der Waals surface area contributed by atoms with Gasteiger partial charge in [-0.05, 0) is 59.0 Å². The molecule has 0 saturated carbocycles. The Morgan fingerprint density at radius 1 is 0.877 bits per heavy atom. The third-order valence-electron chi connectivity index (χ3n) is 9.46. The van der Waals surface area contributed by atoms with E-state index in [0.717, 1.165) is 30.8 Å². The molecule has 1 fully saturated rings. The summed E-state index contributed by atoms with van der Waals surface area (Å²) in [7, 11) is 1.46. The first-order valence-corrected chi connectivity index (χ1v) is 18.5. The fraction of sp³-hybridized carbons (Fsp3) is 0.326. The van der Waals surface area contributed by atoms with Crippen LogP contribution in [0.15, 0.2) is 85.1 Å². The second-order valence-corrected chi connectivity index (χ2v) is 14.8. The van der Waals surface area contributed by atoms with Crippen LogP contribution in [0.1, 0.15) is 48.7 Å². The van der Waals surface area contributed by atoms with Gasteiger partial charge in [0.2, 0.25) is 5.91 Å². The van der Waals surface area contributed by atoms with Gasteiger partial charge >= 0.3 is 12.2 Å². The Morgan fingerprint density at radius 3 is 2.32 bits per heavy atom. The number of fused-ring (bicyclic) bond motifs is 1. The van der Waals surface area contributed by atoms with Crippen LogP contribution in [-0.4, -0.2) is 68.4 Å². The molecule has 2 heterocycles. The Bertz CT molecular complexity index is 2230. The molecular formula is C43H46F3N5O6. The van der Waals surface area contributed by atoms with E-state index in [0.29, 0.717) is 76.0 Å². The zero-order valence-corrected chi connectivity index (χ0v) is 32.3.